The fourth-order valence-electron chi connectivity index (χ4n) is 0.817. The van der Waals surface area contributed by atoms with Crippen molar-refractivity contribution in [2.24, 2.45) is 0 Å². The molecule has 0 aliphatic heterocycles. The number of rotatable bonds is 1. The molecule has 0 fully saturated rings. The average molecular weight is 204 g/mol. The molecular formula is C8H4Cl2FN. The van der Waals surface area contributed by atoms with E-state index in [-0.39, 0.29) is 10.6 Å². The van der Waals surface area contributed by atoms with Crippen LogP contribution in [0.1, 0.15) is 10.9 Å². The van der Waals surface area contributed by atoms with Gasteiger partial charge in [-0.15, -0.1) is 11.6 Å². The molecule has 0 N–H and O–H groups in total. The maximum Gasteiger partial charge on any atom is 0.149 e. The SMILES string of the molecule is N#CC(Cl)c1c(F)cccc1Cl. The van der Waals surface area contributed by atoms with Crippen LogP contribution in [0.3, 0.4) is 0 Å². The number of alkyl halides is 1. The lowest BCUT2D eigenvalue weighted by Gasteiger charge is -2.04. The van der Waals surface area contributed by atoms with Gasteiger partial charge in [0.1, 0.15) is 11.2 Å². The lowest BCUT2D eigenvalue weighted by Crippen LogP contribution is -1.92. The highest BCUT2D eigenvalue weighted by atomic mass is 35.5. The monoisotopic (exact) mass is 203 g/mol. The predicted octanol–water partition coefficient (Wildman–Crippen LogP) is 3.28. The summed E-state index contributed by atoms with van der Waals surface area (Å²) in [6.45, 7) is 0. The molecule has 0 heterocycles. The summed E-state index contributed by atoms with van der Waals surface area (Å²) < 4.78 is 13.0. The van der Waals surface area contributed by atoms with Gasteiger partial charge in [0.15, 0.2) is 0 Å². The summed E-state index contributed by atoms with van der Waals surface area (Å²) in [7, 11) is 0. The number of hydrogen-bond donors (Lipinski definition) is 0. The molecule has 0 aliphatic carbocycles. The smallest absolute Gasteiger partial charge is 0.149 e. The van der Waals surface area contributed by atoms with Crippen LogP contribution in [0.25, 0.3) is 0 Å². The van der Waals surface area contributed by atoms with Crippen molar-refractivity contribution in [3.05, 3.63) is 34.6 Å². The summed E-state index contributed by atoms with van der Waals surface area (Å²) in [5.74, 6) is -0.552. The number of nitrogens with zero attached hydrogens (tertiary/aromatic N) is 1. The summed E-state index contributed by atoms with van der Waals surface area (Å²) in [4.78, 5) is 0. The van der Waals surface area contributed by atoms with Crippen LogP contribution in [0.4, 0.5) is 4.39 Å². The topological polar surface area (TPSA) is 23.8 Å². The minimum Gasteiger partial charge on any atom is -0.207 e. The van der Waals surface area contributed by atoms with Crippen molar-refractivity contribution in [2.75, 3.05) is 0 Å². The first kappa shape index (κ1) is 9.31. The molecule has 1 rings (SSSR count). The minimum absolute atomic E-state index is 0.0448. The van der Waals surface area contributed by atoms with Crippen molar-refractivity contribution in [1.29, 1.82) is 5.26 Å². The molecule has 0 bridgehead atoms. The Morgan fingerprint density at radius 2 is 2.17 bits per heavy atom. The van der Waals surface area contributed by atoms with E-state index >= 15 is 0 Å². The van der Waals surface area contributed by atoms with Crippen LogP contribution in [0.5, 0.6) is 0 Å². The normalized spacial score (nSPS) is 12.2. The zero-order valence-corrected chi connectivity index (χ0v) is 7.40. The summed E-state index contributed by atoms with van der Waals surface area (Å²) in [5, 5.41) is 7.58. The van der Waals surface area contributed by atoms with Crippen LogP contribution in [-0.2, 0) is 0 Å². The molecule has 4 heteroatoms. The number of benzene rings is 1. The van der Waals surface area contributed by atoms with Crippen molar-refractivity contribution in [1.82, 2.24) is 0 Å². The molecular weight excluding hydrogens is 200 g/mol. The Morgan fingerprint density at radius 1 is 1.50 bits per heavy atom. The largest absolute Gasteiger partial charge is 0.207 e. The third-order valence-corrected chi connectivity index (χ3v) is 2.01. The van der Waals surface area contributed by atoms with E-state index in [0.717, 1.165) is 0 Å². The van der Waals surface area contributed by atoms with Gasteiger partial charge >= 0.3 is 0 Å². The predicted molar refractivity (Wildman–Crippen MR) is 45.6 cm³/mol. The van der Waals surface area contributed by atoms with Gasteiger partial charge in [0.2, 0.25) is 0 Å². The quantitative estimate of drug-likeness (QED) is 0.644. The van der Waals surface area contributed by atoms with Crippen molar-refractivity contribution in [3.63, 3.8) is 0 Å². The first-order valence-electron chi connectivity index (χ1n) is 3.14. The second kappa shape index (κ2) is 3.75. The van der Waals surface area contributed by atoms with E-state index in [1.807, 2.05) is 0 Å². The maximum absolute atomic E-state index is 13.0. The van der Waals surface area contributed by atoms with Crippen LogP contribution in [-0.4, -0.2) is 0 Å². The van der Waals surface area contributed by atoms with Crippen LogP contribution >= 0.6 is 23.2 Å². The van der Waals surface area contributed by atoms with E-state index in [4.69, 9.17) is 28.5 Å². The molecule has 1 atom stereocenters. The molecule has 12 heavy (non-hydrogen) atoms. The van der Waals surface area contributed by atoms with Crippen LogP contribution in [0.2, 0.25) is 5.02 Å². The Kier molecular flexibility index (Phi) is 2.91. The molecule has 62 valence electrons. The first-order valence-corrected chi connectivity index (χ1v) is 3.96. The molecule has 1 nitrogen and oxygen atoms in total. The lowest BCUT2D eigenvalue weighted by atomic mass is 10.1. The molecule has 0 saturated heterocycles. The van der Waals surface area contributed by atoms with Gasteiger partial charge in [0.05, 0.1) is 6.07 Å². The molecule has 0 spiro atoms. The fraction of sp³-hybridized carbons (Fsp3) is 0.125. The van der Waals surface area contributed by atoms with Crippen molar-refractivity contribution >= 4 is 23.2 Å². The average Bonchev–Trinajstić information content (AvgIpc) is 2.03. The van der Waals surface area contributed by atoms with E-state index in [2.05, 4.69) is 0 Å². The highest BCUT2D eigenvalue weighted by molar-refractivity contribution is 6.33. The molecule has 1 aromatic carbocycles. The third kappa shape index (κ3) is 1.69. The Bertz CT molecular complexity index is 312. The Balaban J connectivity index is 3.23. The van der Waals surface area contributed by atoms with Gasteiger partial charge in [-0.25, -0.2) is 4.39 Å². The Morgan fingerprint density at radius 3 is 2.67 bits per heavy atom. The number of nitriles is 1. The van der Waals surface area contributed by atoms with Crippen LogP contribution in [0, 0.1) is 17.1 Å². The van der Waals surface area contributed by atoms with Gasteiger partial charge in [0, 0.05) is 10.6 Å². The van der Waals surface area contributed by atoms with Crippen molar-refractivity contribution < 1.29 is 4.39 Å². The fourth-order valence-corrected chi connectivity index (χ4v) is 1.37. The van der Waals surface area contributed by atoms with Gasteiger partial charge in [0.25, 0.3) is 0 Å². The lowest BCUT2D eigenvalue weighted by molar-refractivity contribution is 0.614. The van der Waals surface area contributed by atoms with Gasteiger partial charge in [-0.2, -0.15) is 5.26 Å². The Labute approximate surface area is 79.3 Å². The molecule has 0 saturated carbocycles. The zero-order chi connectivity index (χ0) is 9.14. The zero-order valence-electron chi connectivity index (χ0n) is 5.89. The molecule has 1 unspecified atom stereocenters. The third-order valence-electron chi connectivity index (χ3n) is 1.37. The van der Waals surface area contributed by atoms with Crippen LogP contribution in [0.15, 0.2) is 18.2 Å². The first-order chi connectivity index (χ1) is 5.66. The van der Waals surface area contributed by atoms with E-state index in [0.29, 0.717) is 0 Å². The number of hydrogen-bond acceptors (Lipinski definition) is 1. The minimum atomic E-state index is -1.03. The highest BCUT2D eigenvalue weighted by Gasteiger charge is 2.15. The van der Waals surface area contributed by atoms with E-state index < -0.39 is 11.2 Å². The maximum atomic E-state index is 13.0. The van der Waals surface area contributed by atoms with Gasteiger partial charge in [-0.3, -0.25) is 0 Å². The Hall–Kier alpha value is -0.780. The summed E-state index contributed by atoms with van der Waals surface area (Å²) >= 11 is 11.1. The van der Waals surface area contributed by atoms with E-state index in [9.17, 15) is 4.39 Å². The molecule has 0 aromatic heterocycles. The number of halogens is 3. The van der Waals surface area contributed by atoms with E-state index in [1.165, 1.54) is 18.2 Å². The summed E-state index contributed by atoms with van der Waals surface area (Å²) in [6.07, 6.45) is 0. The second-order valence-corrected chi connectivity index (χ2v) is 2.97. The molecule has 1 aromatic rings. The molecule has 0 radical (unpaired) electrons. The van der Waals surface area contributed by atoms with Gasteiger partial charge < -0.3 is 0 Å². The second-order valence-electron chi connectivity index (χ2n) is 2.13. The van der Waals surface area contributed by atoms with E-state index in [1.54, 1.807) is 6.07 Å². The van der Waals surface area contributed by atoms with Crippen molar-refractivity contribution in [3.8, 4) is 6.07 Å². The molecule has 0 amide bonds. The summed E-state index contributed by atoms with van der Waals surface area (Å²) in [5.41, 5.74) is 0.0448. The van der Waals surface area contributed by atoms with Gasteiger partial charge in [-0.05, 0) is 12.1 Å². The summed E-state index contributed by atoms with van der Waals surface area (Å²) in [6, 6.07) is 5.87. The van der Waals surface area contributed by atoms with Crippen LogP contribution < -0.4 is 0 Å². The molecule has 0 aliphatic rings. The highest BCUT2D eigenvalue weighted by Crippen LogP contribution is 2.29. The van der Waals surface area contributed by atoms with Gasteiger partial charge in [-0.1, -0.05) is 17.7 Å². The standard InChI is InChI=1S/C8H4Cl2FN/c9-5-2-1-3-7(11)8(5)6(10)4-12/h1-3,6H. The van der Waals surface area contributed by atoms with Crippen molar-refractivity contribution in [2.45, 2.75) is 5.38 Å².